The Labute approximate surface area is 192 Å². The quantitative estimate of drug-likeness (QED) is 0.505. The van der Waals surface area contributed by atoms with Gasteiger partial charge in [0.05, 0.1) is 31.8 Å². The SMILES string of the molecule is COc1ccc(-c2nnc(SCC(=O)N3CCOCC3)n2-c2ccccc2C(C)C)cc1. The van der Waals surface area contributed by atoms with Crippen molar-refractivity contribution in [2.45, 2.75) is 24.9 Å². The van der Waals surface area contributed by atoms with E-state index in [1.165, 1.54) is 17.3 Å². The number of thioether (sulfide) groups is 1. The lowest BCUT2D eigenvalue weighted by molar-refractivity contribution is -0.132. The minimum Gasteiger partial charge on any atom is -0.497 e. The molecule has 0 atom stereocenters. The van der Waals surface area contributed by atoms with Crippen LogP contribution < -0.4 is 4.74 Å². The molecule has 0 spiro atoms. The van der Waals surface area contributed by atoms with Crippen molar-refractivity contribution in [3.63, 3.8) is 0 Å². The first-order chi connectivity index (χ1) is 15.6. The minimum atomic E-state index is 0.0935. The summed E-state index contributed by atoms with van der Waals surface area (Å²) in [5.74, 6) is 2.25. The van der Waals surface area contributed by atoms with E-state index in [1.54, 1.807) is 7.11 Å². The van der Waals surface area contributed by atoms with Gasteiger partial charge >= 0.3 is 0 Å². The van der Waals surface area contributed by atoms with Crippen molar-refractivity contribution >= 4 is 17.7 Å². The summed E-state index contributed by atoms with van der Waals surface area (Å²) in [5, 5.41) is 9.69. The summed E-state index contributed by atoms with van der Waals surface area (Å²) in [6.45, 7) is 6.81. The van der Waals surface area contributed by atoms with Gasteiger partial charge in [0.1, 0.15) is 5.75 Å². The van der Waals surface area contributed by atoms with Crippen molar-refractivity contribution < 1.29 is 14.3 Å². The Morgan fingerprint density at radius 2 is 1.81 bits per heavy atom. The predicted octanol–water partition coefficient (Wildman–Crippen LogP) is 4.02. The van der Waals surface area contributed by atoms with E-state index in [9.17, 15) is 4.79 Å². The topological polar surface area (TPSA) is 69.5 Å². The second kappa shape index (κ2) is 10.2. The van der Waals surface area contributed by atoms with Crippen LogP contribution in [0.25, 0.3) is 17.1 Å². The van der Waals surface area contributed by atoms with Crippen molar-refractivity contribution in [3.8, 4) is 22.8 Å². The fraction of sp³-hybridized carbons (Fsp3) is 0.375. The van der Waals surface area contributed by atoms with Crippen molar-refractivity contribution in [1.82, 2.24) is 19.7 Å². The van der Waals surface area contributed by atoms with Crippen LogP contribution in [0, 0.1) is 0 Å². The van der Waals surface area contributed by atoms with Gasteiger partial charge in [-0.2, -0.15) is 0 Å². The normalized spacial score (nSPS) is 14.1. The molecule has 168 valence electrons. The van der Waals surface area contributed by atoms with Gasteiger partial charge in [-0.3, -0.25) is 9.36 Å². The highest BCUT2D eigenvalue weighted by Gasteiger charge is 2.22. The summed E-state index contributed by atoms with van der Waals surface area (Å²) in [6, 6.07) is 16.1. The number of hydrogen-bond acceptors (Lipinski definition) is 6. The van der Waals surface area contributed by atoms with Crippen LogP contribution in [-0.4, -0.2) is 64.7 Å². The number of carbonyl (C=O) groups is 1. The lowest BCUT2D eigenvalue weighted by atomic mass is 10.0. The summed E-state index contributed by atoms with van der Waals surface area (Å²) >= 11 is 1.42. The Bertz CT molecular complexity index is 1060. The van der Waals surface area contributed by atoms with Gasteiger partial charge in [0.25, 0.3) is 0 Å². The number of amides is 1. The smallest absolute Gasteiger partial charge is 0.233 e. The zero-order chi connectivity index (χ0) is 22.5. The third-order valence-electron chi connectivity index (χ3n) is 5.47. The first-order valence-corrected chi connectivity index (χ1v) is 11.7. The molecule has 0 bridgehead atoms. The summed E-state index contributed by atoms with van der Waals surface area (Å²) < 4.78 is 12.7. The van der Waals surface area contributed by atoms with Crippen LogP contribution in [0.4, 0.5) is 0 Å². The van der Waals surface area contributed by atoms with Gasteiger partial charge in [0.15, 0.2) is 11.0 Å². The van der Waals surface area contributed by atoms with Gasteiger partial charge in [0.2, 0.25) is 5.91 Å². The summed E-state index contributed by atoms with van der Waals surface area (Å²) in [7, 11) is 1.65. The maximum atomic E-state index is 12.7. The summed E-state index contributed by atoms with van der Waals surface area (Å²) in [6.07, 6.45) is 0. The highest BCUT2D eigenvalue weighted by Crippen LogP contribution is 2.32. The number of nitrogens with zero attached hydrogens (tertiary/aromatic N) is 4. The van der Waals surface area contributed by atoms with Crippen LogP contribution in [0.15, 0.2) is 53.7 Å². The molecule has 1 aliphatic heterocycles. The number of benzene rings is 2. The maximum absolute atomic E-state index is 12.7. The molecule has 1 aromatic heterocycles. The van der Waals surface area contributed by atoms with Crippen molar-refractivity contribution in [3.05, 3.63) is 54.1 Å². The van der Waals surface area contributed by atoms with Crippen LogP contribution in [0.2, 0.25) is 0 Å². The van der Waals surface area contributed by atoms with Gasteiger partial charge in [-0.15, -0.1) is 10.2 Å². The van der Waals surface area contributed by atoms with E-state index >= 15 is 0 Å². The lowest BCUT2D eigenvalue weighted by Gasteiger charge is -2.26. The predicted molar refractivity (Wildman–Crippen MR) is 126 cm³/mol. The first kappa shape index (κ1) is 22.4. The maximum Gasteiger partial charge on any atom is 0.233 e. The summed E-state index contributed by atoms with van der Waals surface area (Å²) in [5.41, 5.74) is 3.16. The first-order valence-electron chi connectivity index (χ1n) is 10.8. The Morgan fingerprint density at radius 3 is 2.50 bits per heavy atom. The molecule has 1 amide bonds. The largest absolute Gasteiger partial charge is 0.497 e. The van der Waals surface area contributed by atoms with Gasteiger partial charge in [0, 0.05) is 18.7 Å². The zero-order valence-electron chi connectivity index (χ0n) is 18.7. The molecule has 0 saturated carbocycles. The molecule has 1 aliphatic rings. The van der Waals surface area contributed by atoms with E-state index in [4.69, 9.17) is 9.47 Å². The average molecular weight is 453 g/mol. The van der Waals surface area contributed by atoms with Gasteiger partial charge in [-0.1, -0.05) is 43.8 Å². The molecule has 4 rings (SSSR count). The molecule has 32 heavy (non-hydrogen) atoms. The third kappa shape index (κ3) is 4.81. The third-order valence-corrected chi connectivity index (χ3v) is 6.38. The Hall–Kier alpha value is -2.84. The van der Waals surface area contributed by atoms with Crippen LogP contribution in [0.1, 0.15) is 25.3 Å². The molecule has 1 fully saturated rings. The van der Waals surface area contributed by atoms with Gasteiger partial charge in [-0.25, -0.2) is 0 Å². The van der Waals surface area contributed by atoms with Crippen LogP contribution >= 0.6 is 11.8 Å². The number of carbonyl (C=O) groups excluding carboxylic acids is 1. The molecule has 0 radical (unpaired) electrons. The molecule has 7 nitrogen and oxygen atoms in total. The molecule has 0 aliphatic carbocycles. The number of morpholine rings is 1. The fourth-order valence-electron chi connectivity index (χ4n) is 3.72. The van der Waals surface area contributed by atoms with E-state index in [1.807, 2.05) is 41.3 Å². The molecule has 8 heteroatoms. The number of rotatable bonds is 7. The lowest BCUT2D eigenvalue weighted by Crippen LogP contribution is -2.41. The Balaban J connectivity index is 1.70. The second-order valence-corrected chi connectivity index (χ2v) is 8.81. The zero-order valence-corrected chi connectivity index (χ0v) is 19.5. The number of methoxy groups -OCH3 is 1. The number of aromatic nitrogens is 3. The Morgan fingerprint density at radius 1 is 1.09 bits per heavy atom. The average Bonchev–Trinajstić information content (AvgIpc) is 3.26. The highest BCUT2D eigenvalue weighted by atomic mass is 32.2. The van der Waals surface area contributed by atoms with Crippen LogP contribution in [0.5, 0.6) is 5.75 Å². The molecule has 3 aromatic rings. The molecule has 2 aromatic carbocycles. The minimum absolute atomic E-state index is 0.0935. The fourth-order valence-corrected chi connectivity index (χ4v) is 4.56. The van der Waals surface area contributed by atoms with Crippen molar-refractivity contribution in [2.24, 2.45) is 0 Å². The monoisotopic (exact) mass is 452 g/mol. The molecule has 2 heterocycles. The standard InChI is InChI=1S/C24H28N4O3S/c1-17(2)20-6-4-5-7-21(20)28-23(18-8-10-19(30-3)11-9-18)25-26-24(28)32-16-22(29)27-12-14-31-15-13-27/h4-11,17H,12-16H2,1-3H3. The van der Waals surface area contributed by atoms with E-state index in [0.29, 0.717) is 43.1 Å². The molecule has 0 N–H and O–H groups in total. The number of ether oxygens (including phenoxy) is 2. The van der Waals surface area contributed by atoms with Gasteiger partial charge in [-0.05, 0) is 41.8 Å². The molecule has 0 unspecified atom stereocenters. The molecular formula is C24H28N4O3S. The van der Waals surface area contributed by atoms with Crippen LogP contribution in [-0.2, 0) is 9.53 Å². The van der Waals surface area contributed by atoms with E-state index in [0.717, 1.165) is 22.8 Å². The van der Waals surface area contributed by atoms with E-state index in [-0.39, 0.29) is 5.91 Å². The van der Waals surface area contributed by atoms with Crippen LogP contribution in [0.3, 0.4) is 0 Å². The van der Waals surface area contributed by atoms with E-state index < -0.39 is 0 Å². The second-order valence-electron chi connectivity index (χ2n) is 7.87. The van der Waals surface area contributed by atoms with E-state index in [2.05, 4.69) is 40.7 Å². The summed E-state index contributed by atoms with van der Waals surface area (Å²) in [4.78, 5) is 14.6. The number of hydrogen-bond donors (Lipinski definition) is 0. The molecule has 1 saturated heterocycles. The van der Waals surface area contributed by atoms with Gasteiger partial charge < -0.3 is 14.4 Å². The highest BCUT2D eigenvalue weighted by molar-refractivity contribution is 7.99. The Kier molecular flexibility index (Phi) is 7.12. The van der Waals surface area contributed by atoms with Crippen molar-refractivity contribution in [1.29, 1.82) is 0 Å². The molecular weight excluding hydrogens is 424 g/mol. The van der Waals surface area contributed by atoms with Crippen molar-refractivity contribution in [2.75, 3.05) is 39.2 Å². The number of para-hydroxylation sites is 1.